The topological polar surface area (TPSA) is 101 Å². The van der Waals surface area contributed by atoms with E-state index in [2.05, 4.69) is 0 Å². The van der Waals surface area contributed by atoms with Crippen LogP contribution in [-0.4, -0.2) is 31.5 Å². The number of hydrogen-bond donors (Lipinski definition) is 3. The highest BCUT2D eigenvalue weighted by molar-refractivity contribution is 7.90. The third-order valence-electron chi connectivity index (χ3n) is 2.28. The maximum Gasteiger partial charge on any atom is 0.175 e. The molecule has 0 aromatic heterocycles. The molecule has 16 heavy (non-hydrogen) atoms. The number of hydrogen-bond acceptors (Lipinski definition) is 5. The van der Waals surface area contributed by atoms with Gasteiger partial charge in [0.15, 0.2) is 9.84 Å². The summed E-state index contributed by atoms with van der Waals surface area (Å²) in [6.45, 7) is -0.249. The second kappa shape index (κ2) is 4.50. The summed E-state index contributed by atoms with van der Waals surface area (Å²) in [4.78, 5) is 0.163. The van der Waals surface area contributed by atoms with Crippen LogP contribution in [0.2, 0.25) is 0 Å². The van der Waals surface area contributed by atoms with Crippen LogP contribution in [0.3, 0.4) is 0 Å². The van der Waals surface area contributed by atoms with Gasteiger partial charge in [-0.25, -0.2) is 8.42 Å². The van der Waals surface area contributed by atoms with Crippen molar-refractivity contribution in [3.8, 4) is 0 Å². The predicted octanol–water partition coefficient (Wildman–Crippen LogP) is -0.424. The first-order chi connectivity index (χ1) is 7.27. The van der Waals surface area contributed by atoms with Crippen LogP contribution in [0.4, 0.5) is 0 Å². The van der Waals surface area contributed by atoms with Gasteiger partial charge in [-0.3, -0.25) is 5.73 Å². The second-order valence-corrected chi connectivity index (χ2v) is 5.71. The maximum absolute atomic E-state index is 11.2. The Hall–Kier alpha value is -0.950. The summed E-state index contributed by atoms with van der Waals surface area (Å²) < 4.78 is 22.4. The number of nitrogens with two attached hydrogens (primary N) is 1. The number of benzene rings is 1. The van der Waals surface area contributed by atoms with Gasteiger partial charge < -0.3 is 10.2 Å². The van der Waals surface area contributed by atoms with Crippen LogP contribution >= 0.6 is 0 Å². The lowest BCUT2D eigenvalue weighted by Crippen LogP contribution is -2.37. The Morgan fingerprint density at radius 3 is 2.19 bits per heavy atom. The summed E-state index contributed by atoms with van der Waals surface area (Å²) in [5.74, 6) is 0. The van der Waals surface area contributed by atoms with E-state index in [1.807, 2.05) is 0 Å². The van der Waals surface area contributed by atoms with Gasteiger partial charge in [0, 0.05) is 19.3 Å². The quantitative estimate of drug-likeness (QED) is 0.625. The molecule has 0 fully saturated rings. The highest BCUT2D eigenvalue weighted by Crippen LogP contribution is 2.20. The molecule has 0 aliphatic heterocycles. The lowest BCUT2D eigenvalue weighted by molar-refractivity contribution is 0.0176. The maximum atomic E-state index is 11.2. The Labute approximate surface area is 94.4 Å². The molecule has 0 amide bonds. The van der Waals surface area contributed by atoms with E-state index in [1.165, 1.54) is 24.3 Å². The molecule has 0 bridgehead atoms. The Kier molecular flexibility index (Phi) is 3.69. The zero-order chi connectivity index (χ0) is 12.4. The zero-order valence-electron chi connectivity index (χ0n) is 8.92. The number of sulfone groups is 1. The van der Waals surface area contributed by atoms with Gasteiger partial charge in [0.1, 0.15) is 5.72 Å². The van der Waals surface area contributed by atoms with E-state index in [1.54, 1.807) is 0 Å². The van der Waals surface area contributed by atoms with Gasteiger partial charge in [-0.05, 0) is 17.7 Å². The molecule has 5 nitrogen and oxygen atoms in total. The normalized spacial score (nSPS) is 15.8. The average molecular weight is 245 g/mol. The van der Waals surface area contributed by atoms with Crippen molar-refractivity contribution in [2.24, 2.45) is 5.73 Å². The summed E-state index contributed by atoms with van der Waals surface area (Å²) in [5, 5.41) is 18.5. The van der Waals surface area contributed by atoms with Gasteiger partial charge in [-0.2, -0.15) is 0 Å². The molecule has 6 heteroatoms. The Balaban J connectivity index is 3.04. The first-order valence-electron chi connectivity index (χ1n) is 4.70. The Morgan fingerprint density at radius 2 is 1.81 bits per heavy atom. The minimum absolute atomic E-state index is 0.00871. The van der Waals surface area contributed by atoms with Crippen molar-refractivity contribution < 1.29 is 18.6 Å². The molecule has 4 N–H and O–H groups in total. The minimum atomic E-state index is -3.25. The summed E-state index contributed by atoms with van der Waals surface area (Å²) in [6, 6.07) is 5.62. The van der Waals surface area contributed by atoms with E-state index in [9.17, 15) is 13.5 Å². The molecule has 1 atom stereocenters. The Morgan fingerprint density at radius 1 is 1.31 bits per heavy atom. The van der Waals surface area contributed by atoms with Crippen molar-refractivity contribution in [1.82, 2.24) is 0 Å². The van der Waals surface area contributed by atoms with E-state index >= 15 is 0 Å². The van der Waals surface area contributed by atoms with Crippen molar-refractivity contribution in [3.05, 3.63) is 29.8 Å². The smallest absolute Gasteiger partial charge is 0.175 e. The summed E-state index contributed by atoms with van der Waals surface area (Å²) in [6.07, 6.45) is 1.09. The SMILES string of the molecule is CS(=O)(=O)c1ccc(C(N)(O)CCO)cc1. The van der Waals surface area contributed by atoms with Crippen LogP contribution in [-0.2, 0) is 15.6 Å². The monoisotopic (exact) mass is 245 g/mol. The molecule has 90 valence electrons. The van der Waals surface area contributed by atoms with Crippen LogP contribution in [0, 0.1) is 0 Å². The van der Waals surface area contributed by atoms with E-state index in [4.69, 9.17) is 10.8 Å². The van der Waals surface area contributed by atoms with Gasteiger partial charge in [-0.1, -0.05) is 12.1 Å². The van der Waals surface area contributed by atoms with E-state index in [0.717, 1.165) is 6.26 Å². The third-order valence-corrected chi connectivity index (χ3v) is 3.40. The van der Waals surface area contributed by atoms with E-state index in [0.29, 0.717) is 5.56 Å². The van der Waals surface area contributed by atoms with Crippen LogP contribution in [0.1, 0.15) is 12.0 Å². The summed E-state index contributed by atoms with van der Waals surface area (Å²) in [7, 11) is -3.25. The highest BCUT2D eigenvalue weighted by atomic mass is 32.2. The molecule has 0 saturated carbocycles. The molecule has 0 radical (unpaired) electrons. The fraction of sp³-hybridized carbons (Fsp3) is 0.400. The minimum Gasteiger partial charge on any atom is -0.396 e. The van der Waals surface area contributed by atoms with Crippen LogP contribution in [0.25, 0.3) is 0 Å². The third kappa shape index (κ3) is 3.02. The van der Waals surface area contributed by atoms with Gasteiger partial charge in [0.25, 0.3) is 0 Å². The van der Waals surface area contributed by atoms with Crippen molar-refractivity contribution >= 4 is 9.84 Å². The Bertz CT molecular complexity index is 450. The molecular formula is C10H15NO4S. The van der Waals surface area contributed by atoms with Crippen molar-refractivity contribution in [1.29, 1.82) is 0 Å². The van der Waals surface area contributed by atoms with E-state index in [-0.39, 0.29) is 17.9 Å². The molecule has 0 aliphatic rings. The fourth-order valence-electron chi connectivity index (χ4n) is 1.31. The summed E-state index contributed by atoms with van der Waals surface area (Å²) in [5.41, 5.74) is 4.29. The molecule has 0 spiro atoms. The van der Waals surface area contributed by atoms with Crippen molar-refractivity contribution in [2.45, 2.75) is 17.0 Å². The zero-order valence-corrected chi connectivity index (χ0v) is 9.74. The molecule has 1 aromatic rings. The van der Waals surface area contributed by atoms with Crippen LogP contribution in [0.15, 0.2) is 29.2 Å². The molecule has 1 aromatic carbocycles. The number of aliphatic hydroxyl groups excluding tert-OH is 1. The first-order valence-corrected chi connectivity index (χ1v) is 6.59. The van der Waals surface area contributed by atoms with E-state index < -0.39 is 15.6 Å². The lowest BCUT2D eigenvalue weighted by atomic mass is 10.0. The molecule has 1 rings (SSSR count). The molecular weight excluding hydrogens is 230 g/mol. The summed E-state index contributed by atoms with van der Waals surface area (Å²) >= 11 is 0. The van der Waals surface area contributed by atoms with Crippen molar-refractivity contribution in [2.75, 3.05) is 12.9 Å². The number of aliphatic hydroxyl groups is 2. The van der Waals surface area contributed by atoms with Crippen molar-refractivity contribution in [3.63, 3.8) is 0 Å². The van der Waals surface area contributed by atoms with Gasteiger partial charge >= 0.3 is 0 Å². The largest absolute Gasteiger partial charge is 0.396 e. The molecule has 1 unspecified atom stereocenters. The molecule has 0 aliphatic carbocycles. The standard InChI is InChI=1S/C10H15NO4S/c1-16(14,15)9-4-2-8(3-5-9)10(11,13)6-7-12/h2-5,12-13H,6-7,11H2,1H3. The van der Waals surface area contributed by atoms with Crippen LogP contribution in [0.5, 0.6) is 0 Å². The molecule has 0 heterocycles. The fourth-order valence-corrected chi connectivity index (χ4v) is 1.94. The lowest BCUT2D eigenvalue weighted by Gasteiger charge is -2.22. The van der Waals surface area contributed by atoms with Gasteiger partial charge in [-0.15, -0.1) is 0 Å². The first kappa shape index (κ1) is 13.1. The van der Waals surface area contributed by atoms with Gasteiger partial charge in [0.05, 0.1) is 4.90 Å². The highest BCUT2D eigenvalue weighted by Gasteiger charge is 2.23. The predicted molar refractivity (Wildman–Crippen MR) is 59.3 cm³/mol. The molecule has 0 saturated heterocycles. The number of rotatable bonds is 4. The van der Waals surface area contributed by atoms with Gasteiger partial charge in [0.2, 0.25) is 0 Å². The average Bonchev–Trinajstić information content (AvgIpc) is 2.16. The second-order valence-electron chi connectivity index (χ2n) is 3.69. The van der Waals surface area contributed by atoms with Crippen LogP contribution < -0.4 is 5.73 Å².